The van der Waals surface area contributed by atoms with Gasteiger partial charge in [-0.1, -0.05) is 83.5 Å². The van der Waals surface area contributed by atoms with E-state index in [0.29, 0.717) is 11.5 Å². The molecule has 0 saturated heterocycles. The second-order valence-electron chi connectivity index (χ2n) is 14.5. The molecule has 0 atom stereocenters. The Bertz CT molecular complexity index is 2330. The van der Waals surface area contributed by atoms with Crippen molar-refractivity contribution in [3.63, 3.8) is 0 Å². The molecule has 0 aliphatic carbocycles. The van der Waals surface area contributed by atoms with E-state index in [4.69, 9.17) is 14.8 Å². The fourth-order valence-corrected chi connectivity index (χ4v) is 7.00. The zero-order valence-electron chi connectivity index (χ0n) is 30.4. The van der Waals surface area contributed by atoms with Crippen LogP contribution in [0.5, 0.6) is 11.5 Å². The van der Waals surface area contributed by atoms with Crippen molar-refractivity contribution in [1.29, 1.82) is 0 Å². The summed E-state index contributed by atoms with van der Waals surface area (Å²) in [5.74, 6) is 2.35. The quantitative estimate of drug-likeness (QED) is 0.150. The summed E-state index contributed by atoms with van der Waals surface area (Å²) in [6.07, 6.45) is 2.82. The third-order valence-electron chi connectivity index (χ3n) is 9.52. The maximum atomic E-state index is 6.69. The third-order valence-corrected chi connectivity index (χ3v) is 9.52. The van der Waals surface area contributed by atoms with Crippen molar-refractivity contribution in [2.24, 2.45) is 0 Å². The van der Waals surface area contributed by atoms with Gasteiger partial charge < -0.3 is 9.30 Å². The first-order valence-electron chi connectivity index (χ1n) is 17.3. The molecule has 0 spiro atoms. The van der Waals surface area contributed by atoms with Crippen molar-refractivity contribution in [3.05, 3.63) is 131 Å². The van der Waals surface area contributed by atoms with E-state index in [0.717, 1.165) is 51.0 Å². The minimum absolute atomic E-state index is 0. The van der Waals surface area contributed by atoms with Crippen LogP contribution in [0.15, 0.2) is 85.1 Å². The molecular formula is C44H44N4OPt. The van der Waals surface area contributed by atoms with Crippen LogP contribution in [0.3, 0.4) is 0 Å². The van der Waals surface area contributed by atoms with Gasteiger partial charge in [-0.2, -0.15) is 11.2 Å². The van der Waals surface area contributed by atoms with Gasteiger partial charge in [0.25, 0.3) is 0 Å². The van der Waals surface area contributed by atoms with Gasteiger partial charge >= 0.3 is 21.1 Å². The van der Waals surface area contributed by atoms with E-state index in [2.05, 4.69) is 156 Å². The number of benzene rings is 4. The Hall–Kier alpha value is -4.47. The SMILES string of the molecule is CCc1ccnc(-n2c3[c-]c(Oc4[c-]c(-n5nc(C)c(-c6c(C)cccc6C)c5C(C)C)cc(C(C)(C)C)c4)ccc3c3ccccc32)c1.[Pt+2]. The van der Waals surface area contributed by atoms with Crippen LogP contribution in [-0.2, 0) is 32.9 Å². The van der Waals surface area contributed by atoms with E-state index in [1.54, 1.807) is 0 Å². The van der Waals surface area contributed by atoms with Gasteiger partial charge in [0.1, 0.15) is 5.82 Å². The summed E-state index contributed by atoms with van der Waals surface area (Å²) in [6, 6.07) is 34.8. The molecule has 5 nitrogen and oxygen atoms in total. The van der Waals surface area contributed by atoms with Gasteiger partial charge in [-0.25, -0.2) is 4.98 Å². The molecule has 3 heterocycles. The largest absolute Gasteiger partial charge is 2.00 e. The zero-order valence-corrected chi connectivity index (χ0v) is 32.7. The molecule has 0 aliphatic heterocycles. The number of nitrogens with zero attached hydrogens (tertiary/aromatic N) is 4. The summed E-state index contributed by atoms with van der Waals surface area (Å²) in [5.41, 5.74) is 12.3. The maximum absolute atomic E-state index is 6.69. The third kappa shape index (κ3) is 6.33. The van der Waals surface area contributed by atoms with Crippen molar-refractivity contribution in [2.75, 3.05) is 0 Å². The molecule has 0 radical (unpaired) electrons. The summed E-state index contributed by atoms with van der Waals surface area (Å²) < 4.78 is 11.0. The molecule has 3 aromatic heterocycles. The van der Waals surface area contributed by atoms with Crippen molar-refractivity contribution in [1.82, 2.24) is 19.3 Å². The predicted molar refractivity (Wildman–Crippen MR) is 202 cm³/mol. The van der Waals surface area contributed by atoms with Crippen molar-refractivity contribution >= 4 is 21.8 Å². The summed E-state index contributed by atoms with van der Waals surface area (Å²) in [4.78, 5) is 4.78. The topological polar surface area (TPSA) is 44.9 Å². The van der Waals surface area contributed by atoms with Crippen LogP contribution in [0, 0.1) is 32.9 Å². The molecule has 0 unspecified atom stereocenters. The van der Waals surface area contributed by atoms with Crippen LogP contribution in [0.1, 0.15) is 81.1 Å². The summed E-state index contributed by atoms with van der Waals surface area (Å²) in [7, 11) is 0. The Morgan fingerprint density at radius 2 is 1.54 bits per heavy atom. The number of hydrogen-bond acceptors (Lipinski definition) is 3. The first kappa shape index (κ1) is 35.4. The Kier molecular flexibility index (Phi) is 9.67. The number of para-hydroxylation sites is 1. The van der Waals surface area contributed by atoms with Crippen LogP contribution in [0.25, 0.3) is 44.4 Å². The number of aryl methyl sites for hydroxylation is 4. The van der Waals surface area contributed by atoms with Gasteiger partial charge in [-0.3, -0.25) is 4.68 Å². The normalized spacial score (nSPS) is 11.8. The molecule has 4 aromatic carbocycles. The van der Waals surface area contributed by atoms with Crippen molar-refractivity contribution in [3.8, 4) is 34.1 Å². The van der Waals surface area contributed by atoms with Crippen LogP contribution < -0.4 is 4.74 Å². The minimum Gasteiger partial charge on any atom is -0.509 e. The van der Waals surface area contributed by atoms with Gasteiger partial charge in [0.05, 0.1) is 11.4 Å². The second-order valence-corrected chi connectivity index (χ2v) is 14.5. The van der Waals surface area contributed by atoms with Crippen molar-refractivity contribution in [2.45, 2.75) is 80.1 Å². The number of pyridine rings is 1. The Labute approximate surface area is 310 Å². The molecule has 6 heteroatoms. The fourth-order valence-electron chi connectivity index (χ4n) is 7.00. The zero-order chi connectivity index (χ0) is 34.6. The van der Waals surface area contributed by atoms with Gasteiger partial charge in [-0.05, 0) is 90.1 Å². The van der Waals surface area contributed by atoms with Gasteiger partial charge in [0.15, 0.2) is 0 Å². The predicted octanol–water partition coefficient (Wildman–Crippen LogP) is 11.3. The smallest absolute Gasteiger partial charge is 0.509 e. The summed E-state index contributed by atoms with van der Waals surface area (Å²) in [5, 5.41) is 7.43. The maximum Gasteiger partial charge on any atom is 2.00 e. The van der Waals surface area contributed by atoms with E-state index in [9.17, 15) is 0 Å². The molecule has 7 rings (SSSR count). The Morgan fingerprint density at radius 3 is 2.24 bits per heavy atom. The molecule has 0 bridgehead atoms. The molecule has 7 aromatic rings. The number of rotatable bonds is 7. The van der Waals surface area contributed by atoms with Crippen molar-refractivity contribution < 1.29 is 25.8 Å². The first-order chi connectivity index (χ1) is 23.4. The van der Waals surface area contributed by atoms with Gasteiger partial charge in [-0.15, -0.1) is 41.3 Å². The molecule has 0 N–H and O–H groups in total. The summed E-state index contributed by atoms with van der Waals surface area (Å²) >= 11 is 0. The van der Waals surface area contributed by atoms with E-state index in [1.165, 1.54) is 33.5 Å². The van der Waals surface area contributed by atoms with Crippen LogP contribution in [0.4, 0.5) is 0 Å². The van der Waals surface area contributed by atoms with Crippen LogP contribution >= 0.6 is 0 Å². The van der Waals surface area contributed by atoms with E-state index < -0.39 is 0 Å². The monoisotopic (exact) mass is 839 g/mol. The van der Waals surface area contributed by atoms with Gasteiger partial charge in [0, 0.05) is 28.8 Å². The number of ether oxygens (including phenoxy) is 1. The molecule has 256 valence electrons. The number of hydrogen-bond donors (Lipinski definition) is 0. The molecule has 0 aliphatic rings. The Balaban J connectivity index is 0.00000432. The fraction of sp³-hybridized carbons (Fsp3) is 0.273. The average Bonchev–Trinajstić information content (AvgIpc) is 3.59. The van der Waals surface area contributed by atoms with E-state index in [-0.39, 0.29) is 32.4 Å². The van der Waals surface area contributed by atoms with E-state index >= 15 is 0 Å². The number of aromatic nitrogens is 4. The van der Waals surface area contributed by atoms with E-state index in [1.807, 2.05) is 12.3 Å². The van der Waals surface area contributed by atoms with Gasteiger partial charge in [0.2, 0.25) is 0 Å². The van der Waals surface area contributed by atoms with Crippen LogP contribution in [0.2, 0.25) is 0 Å². The number of fused-ring (bicyclic) bond motifs is 3. The molecule has 0 saturated carbocycles. The van der Waals surface area contributed by atoms with Crippen LogP contribution in [-0.4, -0.2) is 19.3 Å². The minimum atomic E-state index is -0.131. The second kappa shape index (κ2) is 13.7. The Morgan fingerprint density at radius 1 is 0.800 bits per heavy atom. The average molecular weight is 840 g/mol. The molecular weight excluding hydrogens is 796 g/mol. The summed E-state index contributed by atoms with van der Waals surface area (Å²) in [6.45, 7) is 19.8. The molecule has 50 heavy (non-hydrogen) atoms. The standard InChI is InChI=1S/C44H44N4O.Pt/c1-10-31-20-21-45-40(22-31)47-38-17-12-11-16-36(38)37-19-18-34(26-39(37)47)49-35-24-32(44(7,8)9)23-33(25-35)48-43(27(2)3)42(30(6)46-48)41-28(4)14-13-15-29(41)5;/h11-24,27H,10H2,1-9H3;/q-2;+2. The molecule has 0 fully saturated rings. The first-order valence-corrected chi connectivity index (χ1v) is 17.3. The molecule has 0 amide bonds.